The minimum absolute atomic E-state index is 0.149. The summed E-state index contributed by atoms with van der Waals surface area (Å²) < 4.78 is 22.7. The molecule has 9 nitrogen and oxygen atoms in total. The van der Waals surface area contributed by atoms with Gasteiger partial charge in [-0.05, 0) is 44.9 Å². The quantitative estimate of drug-likeness (QED) is 0.0195. The van der Waals surface area contributed by atoms with Crippen molar-refractivity contribution >= 4 is 17.9 Å². The first kappa shape index (κ1) is 69.8. The van der Waals surface area contributed by atoms with E-state index in [2.05, 4.69) is 38.2 Å². The molecule has 0 rings (SSSR count). The van der Waals surface area contributed by atoms with Crippen molar-refractivity contribution in [1.29, 1.82) is 0 Å². The van der Waals surface area contributed by atoms with Crippen molar-refractivity contribution in [2.45, 2.75) is 315 Å². The molecule has 72 heavy (non-hydrogen) atoms. The van der Waals surface area contributed by atoms with Gasteiger partial charge in [0, 0.05) is 12.8 Å². The molecule has 2 atom stereocenters. The number of nitrogens with zero attached hydrogens (tertiary/aromatic N) is 1. The number of hydrogen-bond acceptors (Lipinski definition) is 8. The lowest BCUT2D eigenvalue weighted by Crippen LogP contribution is -2.44. The van der Waals surface area contributed by atoms with E-state index >= 15 is 0 Å². The molecule has 0 fully saturated rings. The van der Waals surface area contributed by atoms with Gasteiger partial charge in [-0.1, -0.05) is 269 Å². The van der Waals surface area contributed by atoms with Crippen LogP contribution in [0, 0.1) is 0 Å². The van der Waals surface area contributed by atoms with E-state index in [0.29, 0.717) is 23.9 Å². The first-order valence-corrected chi connectivity index (χ1v) is 31.0. The number of unbranched alkanes of at least 4 members (excludes halogenated alkanes) is 39. The number of quaternary nitrogens is 1. The van der Waals surface area contributed by atoms with Gasteiger partial charge in [-0.25, -0.2) is 0 Å². The van der Waals surface area contributed by atoms with Crippen molar-refractivity contribution in [2.24, 2.45) is 0 Å². The van der Waals surface area contributed by atoms with Crippen molar-refractivity contribution < 1.29 is 42.9 Å². The zero-order valence-electron chi connectivity index (χ0n) is 48.3. The first-order chi connectivity index (χ1) is 35.1. The Hall–Kier alpha value is -2.23. The van der Waals surface area contributed by atoms with Gasteiger partial charge < -0.3 is 33.3 Å². The third-order valence-corrected chi connectivity index (χ3v) is 14.0. The van der Waals surface area contributed by atoms with Crippen molar-refractivity contribution in [1.82, 2.24) is 0 Å². The van der Waals surface area contributed by atoms with Crippen LogP contribution in [-0.2, 0) is 33.3 Å². The predicted octanol–water partition coefficient (Wildman–Crippen LogP) is 17.0. The number of ether oxygens (including phenoxy) is 4. The summed E-state index contributed by atoms with van der Waals surface area (Å²) in [7, 11) is 5.93. The molecule has 0 N–H and O–H groups in total. The van der Waals surface area contributed by atoms with Crippen LogP contribution in [0.15, 0.2) is 24.3 Å². The Morgan fingerprint density at radius 3 is 1.10 bits per heavy atom. The van der Waals surface area contributed by atoms with Gasteiger partial charge in [-0.15, -0.1) is 0 Å². The Kier molecular flexibility index (Phi) is 53.3. The number of carbonyl (C=O) groups excluding carboxylic acids is 3. The lowest BCUT2D eigenvalue weighted by molar-refractivity contribution is -0.870. The molecule has 0 spiro atoms. The second kappa shape index (κ2) is 55.0. The summed E-state index contributed by atoms with van der Waals surface area (Å²) in [5.41, 5.74) is 0. The second-order valence-electron chi connectivity index (χ2n) is 22.4. The van der Waals surface area contributed by atoms with Crippen molar-refractivity contribution in [3.8, 4) is 0 Å². The highest BCUT2D eigenvalue weighted by Crippen LogP contribution is 2.18. The predicted molar refractivity (Wildman–Crippen MR) is 302 cm³/mol. The van der Waals surface area contributed by atoms with Crippen LogP contribution in [0.3, 0.4) is 0 Å². The van der Waals surface area contributed by atoms with E-state index < -0.39 is 24.3 Å². The number of esters is 2. The number of aliphatic carboxylic acids is 1. The summed E-state index contributed by atoms with van der Waals surface area (Å²) in [6.07, 6.45) is 62.3. The van der Waals surface area contributed by atoms with Crippen LogP contribution in [0.1, 0.15) is 303 Å². The molecule has 0 aliphatic heterocycles. The molecule has 0 aromatic rings. The molecule has 0 amide bonds. The number of carbonyl (C=O) groups is 3. The maximum atomic E-state index is 12.9. The Morgan fingerprint density at radius 2 is 0.750 bits per heavy atom. The number of rotatable bonds is 58. The summed E-state index contributed by atoms with van der Waals surface area (Å²) in [6.45, 7) is 4.79. The molecule has 0 aliphatic rings. The maximum absolute atomic E-state index is 12.9. The van der Waals surface area contributed by atoms with Crippen LogP contribution in [0.5, 0.6) is 0 Å². The fraction of sp³-hybridized carbons (Fsp3) is 0.889. The molecule has 0 saturated carbocycles. The van der Waals surface area contributed by atoms with E-state index in [0.717, 1.165) is 51.4 Å². The van der Waals surface area contributed by atoms with Gasteiger partial charge in [0.1, 0.15) is 13.2 Å². The van der Waals surface area contributed by atoms with Crippen molar-refractivity contribution in [2.75, 3.05) is 47.5 Å². The Labute approximate surface area is 446 Å². The Morgan fingerprint density at radius 1 is 0.417 bits per heavy atom. The molecular weight excluding hydrogens is 899 g/mol. The maximum Gasteiger partial charge on any atom is 0.306 e. The van der Waals surface area contributed by atoms with Gasteiger partial charge in [0.25, 0.3) is 0 Å². The van der Waals surface area contributed by atoms with Crippen LogP contribution in [0.25, 0.3) is 0 Å². The topological polar surface area (TPSA) is 111 Å². The van der Waals surface area contributed by atoms with Crippen molar-refractivity contribution in [3.63, 3.8) is 0 Å². The van der Waals surface area contributed by atoms with Gasteiger partial charge >= 0.3 is 11.9 Å². The summed E-state index contributed by atoms with van der Waals surface area (Å²) in [5, 5.41) is 11.8. The lowest BCUT2D eigenvalue weighted by atomic mass is 10.0. The third kappa shape index (κ3) is 55.5. The number of carboxylic acids is 1. The van der Waals surface area contributed by atoms with Crippen molar-refractivity contribution in [3.05, 3.63) is 24.3 Å². The Balaban J connectivity index is 4.16. The molecular formula is C63H119NO8. The zero-order valence-corrected chi connectivity index (χ0v) is 48.3. The minimum Gasteiger partial charge on any atom is -0.545 e. The average Bonchev–Trinajstić information content (AvgIpc) is 3.35. The molecule has 0 aromatic heterocycles. The monoisotopic (exact) mass is 1020 g/mol. The highest BCUT2D eigenvalue weighted by molar-refractivity contribution is 5.70. The smallest absolute Gasteiger partial charge is 0.306 e. The average molecular weight is 1020 g/mol. The van der Waals surface area contributed by atoms with Crippen LogP contribution in [0.2, 0.25) is 0 Å². The summed E-state index contributed by atoms with van der Waals surface area (Å²) in [6, 6.07) is 0. The Bertz CT molecular complexity index is 1230. The molecule has 0 heterocycles. The molecule has 0 radical (unpaired) electrons. The minimum atomic E-state index is -1.62. The standard InChI is InChI=1S/C63H119NO8/c1-6-8-10-12-14-16-18-20-22-24-26-28-29-30-31-32-34-35-37-39-41-43-45-47-49-51-53-60(65)70-57-59(58-71-63(62(67)68)69-56-55-64(3,4)5)72-61(66)54-52-50-48-46-44-42-40-38-36-33-27-25-23-21-19-17-15-13-11-9-7-2/h19,21,25,27,59,63H,6-18,20,22-24,26,28-58H2,1-5H3/b21-19-,27-25-. The van der Waals surface area contributed by atoms with Gasteiger partial charge in [-0.2, -0.15) is 0 Å². The summed E-state index contributed by atoms with van der Waals surface area (Å²) in [4.78, 5) is 37.3. The van der Waals surface area contributed by atoms with Crippen LogP contribution in [0.4, 0.5) is 0 Å². The molecule has 0 saturated heterocycles. The van der Waals surface area contributed by atoms with E-state index in [1.807, 2.05) is 21.1 Å². The van der Waals surface area contributed by atoms with E-state index in [4.69, 9.17) is 18.9 Å². The molecule has 424 valence electrons. The highest BCUT2D eigenvalue weighted by atomic mass is 16.7. The number of likely N-dealkylation sites (N-methyl/N-ethyl adjacent to an activating group) is 1. The number of allylic oxidation sites excluding steroid dienone is 4. The lowest BCUT2D eigenvalue weighted by Gasteiger charge is -2.26. The molecule has 9 heteroatoms. The fourth-order valence-electron chi connectivity index (χ4n) is 9.16. The zero-order chi connectivity index (χ0) is 52.7. The van der Waals surface area contributed by atoms with Gasteiger partial charge in [0.05, 0.1) is 40.3 Å². The third-order valence-electron chi connectivity index (χ3n) is 14.0. The fourth-order valence-corrected chi connectivity index (χ4v) is 9.16. The summed E-state index contributed by atoms with van der Waals surface area (Å²) in [5.74, 6) is -2.27. The van der Waals surface area contributed by atoms with Crippen LogP contribution >= 0.6 is 0 Å². The molecule has 2 unspecified atom stereocenters. The van der Waals surface area contributed by atoms with E-state index in [9.17, 15) is 19.5 Å². The molecule has 0 aromatic carbocycles. The largest absolute Gasteiger partial charge is 0.545 e. The van der Waals surface area contributed by atoms with Gasteiger partial charge in [0.15, 0.2) is 12.4 Å². The SMILES string of the molecule is CCCCCCC/C=C\C/C=C\CCCCCCCCCCCC(=O)OC(COC(=O)CCCCCCCCCCCCCCCCCCCCCCCCCCCC)COC(OCC[N+](C)(C)C)C(=O)[O-]. The van der Waals surface area contributed by atoms with E-state index in [-0.39, 0.29) is 32.2 Å². The van der Waals surface area contributed by atoms with Gasteiger partial charge in [0.2, 0.25) is 0 Å². The number of hydrogen-bond donors (Lipinski definition) is 0. The molecule has 0 aliphatic carbocycles. The van der Waals surface area contributed by atoms with E-state index in [1.165, 1.54) is 218 Å². The van der Waals surface area contributed by atoms with Crippen LogP contribution < -0.4 is 5.11 Å². The van der Waals surface area contributed by atoms with Gasteiger partial charge in [-0.3, -0.25) is 9.59 Å². The molecule has 0 bridgehead atoms. The highest BCUT2D eigenvalue weighted by Gasteiger charge is 2.22. The first-order valence-electron chi connectivity index (χ1n) is 31.0. The summed E-state index contributed by atoms with van der Waals surface area (Å²) >= 11 is 0. The second-order valence-corrected chi connectivity index (χ2v) is 22.4. The normalized spacial score (nSPS) is 12.8. The van der Waals surface area contributed by atoms with Crippen LogP contribution in [-0.4, -0.2) is 82.3 Å². The number of carboxylic acid groups (broad SMARTS) is 1. The van der Waals surface area contributed by atoms with E-state index in [1.54, 1.807) is 0 Å².